The van der Waals surface area contributed by atoms with Gasteiger partial charge in [0, 0.05) is 7.05 Å². The molecular formula is C10H10F2N2. The summed E-state index contributed by atoms with van der Waals surface area (Å²) in [5.41, 5.74) is 1.01. The van der Waals surface area contributed by atoms with E-state index in [1.807, 2.05) is 0 Å². The average molecular weight is 196 g/mol. The summed E-state index contributed by atoms with van der Waals surface area (Å²) in [5.74, 6) is -0.937. The van der Waals surface area contributed by atoms with Crippen molar-refractivity contribution in [3.8, 4) is 0 Å². The summed E-state index contributed by atoms with van der Waals surface area (Å²) < 4.78 is 28.3. The van der Waals surface area contributed by atoms with Crippen LogP contribution in [0.5, 0.6) is 0 Å². The molecule has 1 heterocycles. The minimum absolute atomic E-state index is 0.227. The zero-order valence-electron chi connectivity index (χ0n) is 8.23. The fourth-order valence-electron chi connectivity index (χ4n) is 1.54. The molecule has 0 N–H and O–H groups in total. The van der Waals surface area contributed by atoms with Crippen LogP contribution in [0.1, 0.15) is 11.4 Å². The topological polar surface area (TPSA) is 17.8 Å². The molecule has 0 aliphatic rings. The zero-order valence-corrected chi connectivity index (χ0v) is 8.23. The molecule has 74 valence electrons. The summed E-state index contributed by atoms with van der Waals surface area (Å²) >= 11 is 0. The number of hydrogen-bond donors (Lipinski definition) is 0. The fourth-order valence-corrected chi connectivity index (χ4v) is 1.54. The van der Waals surface area contributed by atoms with Gasteiger partial charge >= 0.3 is 0 Å². The lowest BCUT2D eigenvalue weighted by Gasteiger charge is -2.01. The summed E-state index contributed by atoms with van der Waals surface area (Å²) in [7, 11) is 1.67. The maximum Gasteiger partial charge on any atom is 0.184 e. The van der Waals surface area contributed by atoms with E-state index >= 15 is 0 Å². The predicted molar refractivity (Wildman–Crippen MR) is 50.1 cm³/mol. The number of halogens is 2. The molecule has 4 heteroatoms. The van der Waals surface area contributed by atoms with Gasteiger partial charge in [-0.3, -0.25) is 0 Å². The normalized spacial score (nSPS) is 11.2. The number of aryl methyl sites for hydroxylation is 3. The minimum Gasteiger partial charge on any atom is -0.329 e. The van der Waals surface area contributed by atoms with Crippen molar-refractivity contribution in [1.29, 1.82) is 0 Å². The Morgan fingerprint density at radius 2 is 1.86 bits per heavy atom. The van der Waals surface area contributed by atoms with E-state index in [-0.39, 0.29) is 11.1 Å². The highest BCUT2D eigenvalue weighted by atomic mass is 19.2. The van der Waals surface area contributed by atoms with Gasteiger partial charge in [0.1, 0.15) is 11.3 Å². The van der Waals surface area contributed by atoms with Crippen molar-refractivity contribution >= 4 is 11.0 Å². The van der Waals surface area contributed by atoms with Crippen LogP contribution < -0.4 is 0 Å². The van der Waals surface area contributed by atoms with E-state index < -0.39 is 11.6 Å². The largest absolute Gasteiger partial charge is 0.329 e. The van der Waals surface area contributed by atoms with Crippen molar-refractivity contribution in [3.05, 3.63) is 29.1 Å². The summed E-state index contributed by atoms with van der Waals surface area (Å²) in [6.07, 6.45) is 0. The van der Waals surface area contributed by atoms with Crippen molar-refractivity contribution in [2.45, 2.75) is 13.8 Å². The third-order valence-electron chi connectivity index (χ3n) is 2.45. The van der Waals surface area contributed by atoms with Crippen LogP contribution in [-0.4, -0.2) is 9.55 Å². The Balaban J connectivity index is 2.99. The zero-order chi connectivity index (χ0) is 10.5. The first kappa shape index (κ1) is 9.12. The summed E-state index contributed by atoms with van der Waals surface area (Å²) in [4.78, 5) is 4.13. The predicted octanol–water partition coefficient (Wildman–Crippen LogP) is 2.47. The number of rotatable bonds is 0. The van der Waals surface area contributed by atoms with Crippen molar-refractivity contribution in [1.82, 2.24) is 9.55 Å². The van der Waals surface area contributed by atoms with Crippen LogP contribution in [0.15, 0.2) is 6.07 Å². The van der Waals surface area contributed by atoms with Crippen LogP contribution in [0.3, 0.4) is 0 Å². The van der Waals surface area contributed by atoms with Crippen LogP contribution in [0.4, 0.5) is 8.78 Å². The number of benzene rings is 1. The molecule has 0 amide bonds. The van der Waals surface area contributed by atoms with Crippen molar-refractivity contribution in [2.75, 3.05) is 0 Å². The Kier molecular flexibility index (Phi) is 1.80. The van der Waals surface area contributed by atoms with Gasteiger partial charge in [0.15, 0.2) is 11.6 Å². The molecule has 1 aromatic heterocycles. The summed E-state index contributed by atoms with van der Waals surface area (Å²) in [5, 5.41) is 0. The van der Waals surface area contributed by atoms with Crippen molar-refractivity contribution in [2.24, 2.45) is 7.05 Å². The van der Waals surface area contributed by atoms with E-state index in [2.05, 4.69) is 4.98 Å². The average Bonchev–Trinajstić information content (AvgIpc) is 2.39. The second kappa shape index (κ2) is 2.77. The quantitative estimate of drug-likeness (QED) is 0.632. The van der Waals surface area contributed by atoms with Crippen LogP contribution in [-0.2, 0) is 7.05 Å². The number of imidazole rings is 1. The fraction of sp³-hybridized carbons (Fsp3) is 0.300. The molecule has 0 spiro atoms. The van der Waals surface area contributed by atoms with E-state index in [1.165, 1.54) is 6.92 Å². The molecule has 0 aliphatic heterocycles. The highest BCUT2D eigenvalue weighted by Gasteiger charge is 2.15. The molecule has 0 atom stereocenters. The summed E-state index contributed by atoms with van der Waals surface area (Å²) in [6, 6.07) is 1.56. The molecule has 2 aromatic rings. The molecule has 0 aliphatic carbocycles. The Morgan fingerprint density at radius 3 is 2.50 bits per heavy atom. The van der Waals surface area contributed by atoms with Gasteiger partial charge in [-0.1, -0.05) is 0 Å². The number of aromatic nitrogens is 2. The number of fused-ring (bicyclic) bond motifs is 1. The third kappa shape index (κ3) is 1.03. The third-order valence-corrected chi connectivity index (χ3v) is 2.45. The van der Waals surface area contributed by atoms with E-state index in [4.69, 9.17) is 0 Å². The SMILES string of the molecule is Cc1cc2nc(C)n(C)c2c(F)c1F. The first-order valence-electron chi connectivity index (χ1n) is 4.30. The van der Waals surface area contributed by atoms with Gasteiger partial charge in [-0.25, -0.2) is 13.8 Å². The van der Waals surface area contributed by atoms with Crippen LogP contribution in [0.2, 0.25) is 0 Å². The smallest absolute Gasteiger partial charge is 0.184 e. The first-order chi connectivity index (χ1) is 6.52. The highest BCUT2D eigenvalue weighted by molar-refractivity contribution is 5.77. The number of nitrogens with zero attached hydrogens (tertiary/aromatic N) is 2. The molecule has 0 saturated carbocycles. The molecule has 0 bridgehead atoms. The molecule has 0 saturated heterocycles. The second-order valence-corrected chi connectivity index (χ2v) is 3.41. The Morgan fingerprint density at radius 1 is 1.21 bits per heavy atom. The van der Waals surface area contributed by atoms with Gasteiger partial charge in [-0.05, 0) is 25.5 Å². The van der Waals surface area contributed by atoms with E-state index in [0.29, 0.717) is 11.3 Å². The van der Waals surface area contributed by atoms with E-state index in [1.54, 1.807) is 24.6 Å². The van der Waals surface area contributed by atoms with Crippen molar-refractivity contribution < 1.29 is 8.78 Å². The Bertz CT molecular complexity index is 515. The highest BCUT2D eigenvalue weighted by Crippen LogP contribution is 2.23. The Labute approximate surface area is 80.2 Å². The van der Waals surface area contributed by atoms with E-state index in [9.17, 15) is 8.78 Å². The monoisotopic (exact) mass is 196 g/mol. The molecule has 0 radical (unpaired) electrons. The number of hydrogen-bond acceptors (Lipinski definition) is 1. The molecule has 1 aromatic carbocycles. The molecule has 14 heavy (non-hydrogen) atoms. The molecule has 0 unspecified atom stereocenters. The lowest BCUT2D eigenvalue weighted by Crippen LogP contribution is -1.96. The molecule has 2 rings (SSSR count). The maximum atomic E-state index is 13.5. The van der Waals surface area contributed by atoms with Gasteiger partial charge in [0.25, 0.3) is 0 Å². The van der Waals surface area contributed by atoms with Gasteiger partial charge in [0.05, 0.1) is 5.52 Å². The summed E-state index contributed by atoms with van der Waals surface area (Å²) in [6.45, 7) is 3.29. The molecule has 2 nitrogen and oxygen atoms in total. The van der Waals surface area contributed by atoms with Crippen LogP contribution in [0.25, 0.3) is 11.0 Å². The van der Waals surface area contributed by atoms with Gasteiger partial charge in [0.2, 0.25) is 0 Å². The van der Waals surface area contributed by atoms with Gasteiger partial charge in [-0.15, -0.1) is 0 Å². The lowest BCUT2D eigenvalue weighted by atomic mass is 10.2. The van der Waals surface area contributed by atoms with Crippen LogP contribution in [0, 0.1) is 25.5 Å². The van der Waals surface area contributed by atoms with E-state index in [0.717, 1.165) is 0 Å². The standard InChI is InChI=1S/C10H10F2N2/c1-5-4-7-10(9(12)8(5)11)14(3)6(2)13-7/h4H,1-3H3. The van der Waals surface area contributed by atoms with Gasteiger partial charge in [-0.2, -0.15) is 0 Å². The second-order valence-electron chi connectivity index (χ2n) is 3.41. The molecule has 0 fully saturated rings. The van der Waals surface area contributed by atoms with Gasteiger partial charge < -0.3 is 4.57 Å². The Hall–Kier alpha value is -1.45. The van der Waals surface area contributed by atoms with Crippen molar-refractivity contribution in [3.63, 3.8) is 0 Å². The maximum absolute atomic E-state index is 13.5. The molecular weight excluding hydrogens is 186 g/mol. The van der Waals surface area contributed by atoms with Crippen LogP contribution >= 0.6 is 0 Å². The minimum atomic E-state index is -0.817. The first-order valence-corrected chi connectivity index (χ1v) is 4.30. The lowest BCUT2D eigenvalue weighted by molar-refractivity contribution is 0.507.